The molecule has 0 unspecified atom stereocenters. The number of ether oxygens (including phenoxy) is 4. The number of esters is 2. The second-order valence-corrected chi connectivity index (χ2v) is 11.1. The summed E-state index contributed by atoms with van der Waals surface area (Å²) in [5, 5.41) is 0. The van der Waals surface area contributed by atoms with Crippen LogP contribution in [0.3, 0.4) is 0 Å². The largest absolute Gasteiger partial charge is 0.497 e. The average Bonchev–Trinajstić information content (AvgIpc) is 3.02. The number of carbonyl (C=O) groups is 2. The van der Waals surface area contributed by atoms with Gasteiger partial charge in [0, 0.05) is 56.1 Å². The summed E-state index contributed by atoms with van der Waals surface area (Å²) in [5.41, 5.74) is 4.21. The van der Waals surface area contributed by atoms with E-state index in [1.165, 1.54) is 24.1 Å². The number of carbonyl (C=O) groups excluding carboxylic acids is 2. The second-order valence-electron chi connectivity index (χ2n) is 9.35. The molecule has 9 heteroatoms. The molecule has 0 aliphatic heterocycles. The minimum Gasteiger partial charge on any atom is -0.497 e. The van der Waals surface area contributed by atoms with Gasteiger partial charge in [-0.15, -0.1) is 0 Å². The third-order valence-corrected chi connectivity index (χ3v) is 7.69. The maximum absolute atomic E-state index is 11.9. The van der Waals surface area contributed by atoms with Gasteiger partial charge >= 0.3 is 11.9 Å². The molecular formula is C34H30O7S2. The van der Waals surface area contributed by atoms with Crippen molar-refractivity contribution in [1.29, 1.82) is 0 Å². The zero-order valence-electron chi connectivity index (χ0n) is 24.2. The van der Waals surface area contributed by atoms with Crippen molar-refractivity contribution in [2.24, 2.45) is 0 Å². The van der Waals surface area contributed by atoms with E-state index in [9.17, 15) is 9.59 Å². The minimum absolute atomic E-state index is 0.325. The highest BCUT2D eigenvalue weighted by Gasteiger charge is 2.14. The van der Waals surface area contributed by atoms with E-state index in [4.69, 9.17) is 22.6 Å². The van der Waals surface area contributed by atoms with Gasteiger partial charge in [0.25, 0.3) is 0 Å². The van der Waals surface area contributed by atoms with Gasteiger partial charge in [-0.3, -0.25) is 0 Å². The lowest BCUT2D eigenvalue weighted by Crippen LogP contribution is -2.07. The fourth-order valence-corrected chi connectivity index (χ4v) is 5.26. The third-order valence-electron chi connectivity index (χ3n) is 6.07. The van der Waals surface area contributed by atoms with Crippen molar-refractivity contribution in [3.63, 3.8) is 0 Å². The minimum atomic E-state index is -0.476. The molecule has 0 amide bonds. The fourth-order valence-electron chi connectivity index (χ4n) is 3.75. The number of methoxy groups -OCH3 is 2. The van der Waals surface area contributed by atoms with Crippen molar-refractivity contribution >= 4 is 36.0 Å². The molecule has 0 atom stereocenters. The van der Waals surface area contributed by atoms with E-state index in [0.717, 1.165) is 32.0 Å². The van der Waals surface area contributed by atoms with Crippen molar-refractivity contribution in [3.05, 3.63) is 109 Å². The van der Waals surface area contributed by atoms with Crippen LogP contribution >= 0.6 is 24.1 Å². The Balaban J connectivity index is 1.53. The first-order chi connectivity index (χ1) is 20.7. The highest BCUT2D eigenvalue weighted by Crippen LogP contribution is 2.41. The molecule has 7 nitrogen and oxygen atoms in total. The van der Waals surface area contributed by atoms with E-state index in [1.54, 1.807) is 52.3 Å². The van der Waals surface area contributed by atoms with Crippen molar-refractivity contribution in [3.8, 4) is 45.3 Å². The van der Waals surface area contributed by atoms with Crippen molar-refractivity contribution < 1.29 is 32.2 Å². The zero-order valence-corrected chi connectivity index (χ0v) is 25.8. The summed E-state index contributed by atoms with van der Waals surface area (Å²) in [6, 6.07) is 25.8. The molecule has 0 spiro atoms. The molecule has 4 rings (SSSR count). The highest BCUT2D eigenvalue weighted by molar-refractivity contribution is 8.08. The Kier molecular flexibility index (Phi) is 10.7. The molecule has 220 valence electrons. The van der Waals surface area contributed by atoms with Crippen LogP contribution in [0, 0.1) is 0 Å². The fraction of sp³-hybridized carbons (Fsp3) is 0.118. The molecule has 0 aliphatic carbocycles. The van der Waals surface area contributed by atoms with E-state index in [-0.39, 0.29) is 0 Å². The van der Waals surface area contributed by atoms with E-state index in [0.29, 0.717) is 34.1 Å². The van der Waals surface area contributed by atoms with Crippen molar-refractivity contribution in [1.82, 2.24) is 0 Å². The van der Waals surface area contributed by atoms with Gasteiger partial charge in [0.05, 0.1) is 14.2 Å². The molecule has 0 bridgehead atoms. The highest BCUT2D eigenvalue weighted by atomic mass is 32.2. The third kappa shape index (κ3) is 8.32. The van der Waals surface area contributed by atoms with Crippen LogP contribution in [0.4, 0.5) is 0 Å². The normalized spacial score (nSPS) is 10.5. The van der Waals surface area contributed by atoms with E-state index in [2.05, 4.69) is 13.2 Å². The Morgan fingerprint density at radius 3 is 1.23 bits per heavy atom. The van der Waals surface area contributed by atoms with Crippen LogP contribution in [0.5, 0.6) is 23.0 Å². The molecule has 4 aromatic carbocycles. The first kappa shape index (κ1) is 31.5. The standard InChI is InChI=1S/C34H30O7S2/c1-21(2)33(35)39-25-11-7-23(8-12-25)29-19-27(37-5)15-17-31(29)42-41-43-32-18-16-28(38-6)20-30(32)24-9-13-26(14-10-24)40-34(36)22(3)4/h7-20H,1,3H2,2,4-6H3. The summed E-state index contributed by atoms with van der Waals surface area (Å²) in [5.74, 6) is 1.29. The number of hydrogen-bond donors (Lipinski definition) is 0. The second kappa shape index (κ2) is 14.6. The predicted molar refractivity (Wildman–Crippen MR) is 171 cm³/mol. The van der Waals surface area contributed by atoms with Crippen LogP contribution in [0.25, 0.3) is 22.3 Å². The van der Waals surface area contributed by atoms with Crippen LogP contribution in [0.15, 0.2) is 119 Å². The van der Waals surface area contributed by atoms with Gasteiger partial charge in [-0.25, -0.2) is 13.2 Å². The van der Waals surface area contributed by atoms with Gasteiger partial charge in [-0.2, -0.15) is 0 Å². The summed E-state index contributed by atoms with van der Waals surface area (Å²) >= 11 is 2.43. The monoisotopic (exact) mass is 614 g/mol. The smallest absolute Gasteiger partial charge is 0.338 e. The Morgan fingerprint density at radius 2 is 0.907 bits per heavy atom. The van der Waals surface area contributed by atoms with Crippen LogP contribution in [-0.4, -0.2) is 26.2 Å². The Hall–Kier alpha value is -4.44. The number of rotatable bonds is 12. The SMILES string of the molecule is C=C(C)C(=O)Oc1ccc(-c2cc(OC)ccc2SOSc2ccc(OC)cc2-c2ccc(OC(=O)C(=C)C)cc2)cc1. The molecule has 0 saturated carbocycles. The zero-order chi connectivity index (χ0) is 30.9. The maximum atomic E-state index is 11.9. The summed E-state index contributed by atoms with van der Waals surface area (Å²) in [7, 11) is 3.22. The van der Waals surface area contributed by atoms with Crippen molar-refractivity contribution in [2.75, 3.05) is 14.2 Å². The molecule has 0 N–H and O–H groups in total. The average molecular weight is 615 g/mol. The lowest BCUT2D eigenvalue weighted by atomic mass is 10.1. The molecule has 0 heterocycles. The lowest BCUT2D eigenvalue weighted by molar-refractivity contribution is -0.130. The summed E-state index contributed by atoms with van der Waals surface area (Å²) in [6.07, 6.45) is 0. The lowest BCUT2D eigenvalue weighted by Gasteiger charge is -2.13. The topological polar surface area (TPSA) is 80.3 Å². The Bertz CT molecular complexity index is 1520. The van der Waals surface area contributed by atoms with Gasteiger partial charge in [-0.05, 0) is 85.6 Å². The Labute approximate surface area is 259 Å². The van der Waals surface area contributed by atoms with Gasteiger partial charge in [-0.1, -0.05) is 37.4 Å². The quantitative estimate of drug-likeness (QED) is 0.0673. The molecule has 0 aromatic heterocycles. The van der Waals surface area contributed by atoms with Gasteiger partial charge in [0.1, 0.15) is 23.0 Å². The molecule has 43 heavy (non-hydrogen) atoms. The predicted octanol–water partition coefficient (Wildman–Crippen LogP) is 8.73. The van der Waals surface area contributed by atoms with Crippen LogP contribution < -0.4 is 18.9 Å². The van der Waals surface area contributed by atoms with E-state index >= 15 is 0 Å². The number of hydrogen-bond acceptors (Lipinski definition) is 9. The summed E-state index contributed by atoms with van der Waals surface area (Å²) in [4.78, 5) is 25.5. The molecule has 4 aromatic rings. The first-order valence-electron chi connectivity index (χ1n) is 13.0. The Morgan fingerprint density at radius 1 is 0.558 bits per heavy atom. The van der Waals surface area contributed by atoms with Gasteiger partial charge in [0.2, 0.25) is 0 Å². The molecule has 0 radical (unpaired) electrons. The van der Waals surface area contributed by atoms with Crippen LogP contribution in [0.2, 0.25) is 0 Å². The number of benzene rings is 4. The molecular weight excluding hydrogens is 585 g/mol. The van der Waals surface area contributed by atoms with Gasteiger partial charge in [0.15, 0.2) is 0 Å². The summed E-state index contributed by atoms with van der Waals surface area (Å²) < 4.78 is 27.6. The van der Waals surface area contributed by atoms with E-state index in [1.807, 2.05) is 60.7 Å². The molecule has 0 aliphatic rings. The molecule has 0 saturated heterocycles. The summed E-state index contributed by atoms with van der Waals surface area (Å²) in [6.45, 7) is 10.4. The van der Waals surface area contributed by atoms with Crippen molar-refractivity contribution in [2.45, 2.75) is 23.6 Å². The maximum Gasteiger partial charge on any atom is 0.338 e. The molecule has 0 fully saturated rings. The van der Waals surface area contributed by atoms with Crippen LogP contribution in [0.1, 0.15) is 13.8 Å². The van der Waals surface area contributed by atoms with Crippen LogP contribution in [-0.2, 0) is 13.2 Å². The van der Waals surface area contributed by atoms with Gasteiger partial charge < -0.3 is 18.9 Å². The first-order valence-corrected chi connectivity index (χ1v) is 14.5. The van der Waals surface area contributed by atoms with E-state index < -0.39 is 11.9 Å².